The molecule has 0 saturated carbocycles. The summed E-state index contributed by atoms with van der Waals surface area (Å²) in [5.41, 5.74) is 1.53. The van der Waals surface area contributed by atoms with Crippen LogP contribution in [0.4, 0.5) is 16.6 Å². The normalized spacial score (nSPS) is 11.5. The molecule has 10 heteroatoms. The summed E-state index contributed by atoms with van der Waals surface area (Å²) >= 11 is 0. The number of carbonyl (C=O) groups excluding carboxylic acids is 1. The van der Waals surface area contributed by atoms with Crippen LogP contribution >= 0.6 is 0 Å². The van der Waals surface area contributed by atoms with Gasteiger partial charge in [-0.3, -0.25) is 5.32 Å². The minimum atomic E-state index is -0.412. The molecule has 1 aromatic carbocycles. The van der Waals surface area contributed by atoms with E-state index in [0.717, 1.165) is 43.5 Å². The summed E-state index contributed by atoms with van der Waals surface area (Å²) in [6.07, 6.45) is 2.72. The second kappa shape index (κ2) is 12.5. The minimum Gasteiger partial charge on any atom is -0.497 e. The van der Waals surface area contributed by atoms with Gasteiger partial charge in [-0.05, 0) is 70.6 Å². The molecular formula is C27H39N7O3. The number of fused-ring (bicyclic) bond motifs is 1. The van der Waals surface area contributed by atoms with Gasteiger partial charge < -0.3 is 25.0 Å². The lowest BCUT2D eigenvalue weighted by molar-refractivity contribution is 0.243. The van der Waals surface area contributed by atoms with Crippen molar-refractivity contribution in [1.82, 2.24) is 25.2 Å². The Bertz CT molecular complexity index is 1180. The lowest BCUT2D eigenvalue weighted by Crippen LogP contribution is -2.43. The summed E-state index contributed by atoms with van der Waals surface area (Å²) in [5.74, 6) is 2.12. The van der Waals surface area contributed by atoms with Crippen molar-refractivity contribution in [2.75, 3.05) is 51.0 Å². The Morgan fingerprint density at radius 3 is 2.27 bits per heavy atom. The van der Waals surface area contributed by atoms with Crippen molar-refractivity contribution in [2.24, 2.45) is 0 Å². The number of nitrogens with zero attached hydrogens (tertiary/aromatic N) is 4. The predicted molar refractivity (Wildman–Crippen MR) is 149 cm³/mol. The van der Waals surface area contributed by atoms with Crippen LogP contribution in [0.2, 0.25) is 0 Å². The first kappa shape index (κ1) is 27.9. The number of benzene rings is 1. The maximum absolute atomic E-state index is 12.8. The molecule has 0 unspecified atom stereocenters. The molecule has 3 N–H and O–H groups in total. The van der Waals surface area contributed by atoms with Crippen molar-refractivity contribution in [3.8, 4) is 22.6 Å². The zero-order chi connectivity index (χ0) is 27.0. The Hall–Kier alpha value is -3.66. The van der Waals surface area contributed by atoms with E-state index in [4.69, 9.17) is 14.5 Å². The molecule has 0 saturated heterocycles. The first-order valence-corrected chi connectivity index (χ1v) is 12.6. The van der Waals surface area contributed by atoms with Crippen molar-refractivity contribution in [2.45, 2.75) is 46.6 Å². The third-order valence-electron chi connectivity index (χ3n) is 5.78. The first-order valence-electron chi connectivity index (χ1n) is 12.6. The van der Waals surface area contributed by atoms with Crippen molar-refractivity contribution >= 4 is 28.8 Å². The summed E-state index contributed by atoms with van der Waals surface area (Å²) < 4.78 is 10.9. The van der Waals surface area contributed by atoms with Crippen LogP contribution in [0.1, 0.15) is 41.0 Å². The number of rotatable bonds is 11. The smallest absolute Gasteiger partial charge is 0.320 e. The molecule has 200 valence electrons. The number of anilines is 2. The van der Waals surface area contributed by atoms with E-state index in [0.29, 0.717) is 34.5 Å². The average Bonchev–Trinajstić information content (AvgIpc) is 2.86. The van der Waals surface area contributed by atoms with Crippen LogP contribution in [0.5, 0.6) is 11.5 Å². The highest BCUT2D eigenvalue weighted by Crippen LogP contribution is 2.35. The topological polar surface area (TPSA) is 114 Å². The number of hydrogen-bond acceptors (Lipinski definition) is 8. The number of methoxy groups -OCH3 is 2. The Balaban J connectivity index is 1.96. The van der Waals surface area contributed by atoms with Gasteiger partial charge in [0.15, 0.2) is 5.65 Å². The molecule has 37 heavy (non-hydrogen) atoms. The Labute approximate surface area is 219 Å². The third-order valence-corrected chi connectivity index (χ3v) is 5.78. The molecular weight excluding hydrogens is 470 g/mol. The molecule has 3 rings (SSSR count). The lowest BCUT2D eigenvalue weighted by Gasteiger charge is -2.21. The first-order chi connectivity index (χ1) is 17.6. The molecule has 0 aliphatic rings. The fraction of sp³-hybridized carbons (Fsp3) is 0.481. The van der Waals surface area contributed by atoms with Crippen LogP contribution in [-0.4, -0.2) is 71.8 Å². The molecule has 0 spiro atoms. The zero-order valence-corrected chi connectivity index (χ0v) is 22.9. The van der Waals surface area contributed by atoms with Crippen LogP contribution in [0.15, 0.2) is 30.5 Å². The molecule has 2 amide bonds. The van der Waals surface area contributed by atoms with E-state index < -0.39 is 5.54 Å². The SMILES string of the molecule is CCN(CC)CCCNc1ncc2cc(-c3cc(OC)cc(OC)c3)c(NC(=O)NC(C)(C)C)nc2n1. The molecule has 0 fully saturated rings. The number of ether oxygens (including phenoxy) is 2. The van der Waals surface area contributed by atoms with Crippen LogP contribution in [0.3, 0.4) is 0 Å². The highest BCUT2D eigenvalue weighted by atomic mass is 16.5. The van der Waals surface area contributed by atoms with Gasteiger partial charge in [-0.25, -0.2) is 14.8 Å². The monoisotopic (exact) mass is 509 g/mol. The van der Waals surface area contributed by atoms with Crippen LogP contribution in [-0.2, 0) is 0 Å². The van der Waals surface area contributed by atoms with Crippen molar-refractivity contribution < 1.29 is 14.3 Å². The number of amides is 2. The highest BCUT2D eigenvalue weighted by Gasteiger charge is 2.18. The third kappa shape index (κ3) is 7.91. The number of urea groups is 1. The molecule has 10 nitrogen and oxygen atoms in total. The quantitative estimate of drug-likeness (QED) is 0.317. The van der Waals surface area contributed by atoms with E-state index in [-0.39, 0.29) is 6.03 Å². The largest absolute Gasteiger partial charge is 0.497 e. The fourth-order valence-electron chi connectivity index (χ4n) is 3.85. The molecule has 0 bridgehead atoms. The Kier molecular flexibility index (Phi) is 9.46. The van der Waals surface area contributed by atoms with Gasteiger partial charge in [0.2, 0.25) is 5.95 Å². The average molecular weight is 510 g/mol. The van der Waals surface area contributed by atoms with E-state index in [9.17, 15) is 4.79 Å². The molecule has 2 heterocycles. The number of hydrogen-bond donors (Lipinski definition) is 3. The predicted octanol–water partition coefficient (Wildman–Crippen LogP) is 4.77. The number of nitrogens with one attached hydrogen (secondary N) is 3. The number of aromatic nitrogens is 3. The minimum absolute atomic E-state index is 0.362. The molecule has 0 aliphatic carbocycles. The van der Waals surface area contributed by atoms with Crippen molar-refractivity contribution in [3.05, 3.63) is 30.5 Å². The van der Waals surface area contributed by atoms with Gasteiger partial charge >= 0.3 is 6.03 Å². The summed E-state index contributed by atoms with van der Waals surface area (Å²) in [6.45, 7) is 13.9. The van der Waals surface area contributed by atoms with Crippen molar-refractivity contribution in [3.63, 3.8) is 0 Å². The Morgan fingerprint density at radius 2 is 1.68 bits per heavy atom. The second-order valence-electron chi connectivity index (χ2n) is 9.73. The van der Waals surface area contributed by atoms with E-state index in [1.54, 1.807) is 26.5 Å². The van der Waals surface area contributed by atoms with Crippen LogP contribution in [0, 0.1) is 0 Å². The van der Waals surface area contributed by atoms with Gasteiger partial charge in [0.25, 0.3) is 0 Å². The van der Waals surface area contributed by atoms with Crippen LogP contribution < -0.4 is 25.4 Å². The van der Waals surface area contributed by atoms with Gasteiger partial charge in [0.05, 0.1) is 14.2 Å². The zero-order valence-electron chi connectivity index (χ0n) is 22.9. The maximum Gasteiger partial charge on any atom is 0.320 e. The fourth-order valence-corrected chi connectivity index (χ4v) is 3.85. The van der Waals surface area contributed by atoms with E-state index in [1.165, 1.54) is 0 Å². The summed E-state index contributed by atoms with van der Waals surface area (Å²) in [5, 5.41) is 9.85. The van der Waals surface area contributed by atoms with Gasteiger partial charge in [-0.1, -0.05) is 13.8 Å². The highest BCUT2D eigenvalue weighted by molar-refractivity contribution is 5.96. The van der Waals surface area contributed by atoms with E-state index in [2.05, 4.69) is 44.7 Å². The molecule has 0 atom stereocenters. The molecule has 0 aliphatic heterocycles. The van der Waals surface area contributed by atoms with Gasteiger partial charge in [-0.2, -0.15) is 4.98 Å². The van der Waals surface area contributed by atoms with Gasteiger partial charge in [0, 0.05) is 35.3 Å². The summed E-state index contributed by atoms with van der Waals surface area (Å²) in [4.78, 5) is 29.0. The molecule has 0 radical (unpaired) electrons. The molecule has 3 aromatic rings. The van der Waals surface area contributed by atoms with Gasteiger partial charge in [0.1, 0.15) is 17.3 Å². The van der Waals surface area contributed by atoms with E-state index >= 15 is 0 Å². The maximum atomic E-state index is 12.8. The van der Waals surface area contributed by atoms with Gasteiger partial charge in [-0.15, -0.1) is 0 Å². The Morgan fingerprint density at radius 1 is 1.00 bits per heavy atom. The lowest BCUT2D eigenvalue weighted by atomic mass is 10.0. The van der Waals surface area contributed by atoms with Crippen LogP contribution in [0.25, 0.3) is 22.2 Å². The number of carbonyl (C=O) groups is 1. The summed E-state index contributed by atoms with van der Waals surface area (Å²) in [7, 11) is 3.19. The molecule has 2 aromatic heterocycles. The summed E-state index contributed by atoms with van der Waals surface area (Å²) in [6, 6.07) is 7.07. The standard InChI is InChI=1S/C27H39N7O3/c1-8-34(9-2)12-10-11-28-25-29-17-19-15-22(18-13-20(36-6)16-21(14-18)37-7)24(30-23(19)31-25)32-26(35)33-27(3,4)5/h13-17H,8-12H2,1-7H3,(H3,28,29,30,31,32,33,35). The van der Waals surface area contributed by atoms with Crippen molar-refractivity contribution in [1.29, 1.82) is 0 Å². The number of pyridine rings is 1. The second-order valence-corrected chi connectivity index (χ2v) is 9.73. The van der Waals surface area contributed by atoms with E-state index in [1.807, 2.05) is 39.0 Å².